The molecule has 1 aromatic carbocycles. The Bertz CT molecular complexity index is 810. The third-order valence-corrected chi connectivity index (χ3v) is 4.23. The molecule has 3 rings (SSSR count). The zero-order valence-corrected chi connectivity index (χ0v) is 14.0. The molecule has 1 aliphatic rings. The molecule has 0 radical (unpaired) electrons. The van der Waals surface area contributed by atoms with E-state index in [0.717, 1.165) is 12.8 Å². The first-order valence-corrected chi connectivity index (χ1v) is 8.03. The van der Waals surface area contributed by atoms with E-state index in [2.05, 4.69) is 15.6 Å². The second-order valence-electron chi connectivity index (χ2n) is 6.86. The van der Waals surface area contributed by atoms with Gasteiger partial charge in [0.25, 0.3) is 5.91 Å². The van der Waals surface area contributed by atoms with Crippen molar-refractivity contribution in [1.82, 2.24) is 20.3 Å². The minimum Gasteiger partial charge on any atom is -0.481 e. The van der Waals surface area contributed by atoms with Crippen molar-refractivity contribution in [3.63, 3.8) is 0 Å². The Hall–Kier alpha value is -2.77. The molecule has 0 spiro atoms. The highest BCUT2D eigenvalue weighted by Gasteiger charge is 2.35. The van der Waals surface area contributed by atoms with Gasteiger partial charge in [-0.3, -0.25) is 9.59 Å². The summed E-state index contributed by atoms with van der Waals surface area (Å²) in [5, 5.41) is 19.8. The Morgan fingerprint density at radius 2 is 1.96 bits per heavy atom. The number of carbonyl (C=O) groups excluding carboxylic acids is 1. The average Bonchev–Trinajstić information content (AvgIpc) is 3.31. The summed E-state index contributed by atoms with van der Waals surface area (Å²) < 4.78 is 14.7. The van der Waals surface area contributed by atoms with Gasteiger partial charge in [-0.2, -0.15) is 0 Å². The maximum Gasteiger partial charge on any atom is 0.310 e. The van der Waals surface area contributed by atoms with Gasteiger partial charge in [-0.25, -0.2) is 9.07 Å². The predicted octanol–water partition coefficient (Wildman–Crippen LogP) is 2.12. The van der Waals surface area contributed by atoms with Gasteiger partial charge in [0.15, 0.2) is 5.69 Å². The van der Waals surface area contributed by atoms with Crippen LogP contribution in [0.3, 0.4) is 0 Å². The van der Waals surface area contributed by atoms with Gasteiger partial charge in [0.2, 0.25) is 0 Å². The van der Waals surface area contributed by atoms with Crippen LogP contribution < -0.4 is 5.32 Å². The molecule has 0 atom stereocenters. The van der Waals surface area contributed by atoms with Gasteiger partial charge in [0.1, 0.15) is 5.82 Å². The van der Waals surface area contributed by atoms with Crippen LogP contribution in [0.5, 0.6) is 0 Å². The van der Waals surface area contributed by atoms with E-state index < -0.39 is 17.3 Å². The molecule has 1 aromatic heterocycles. The molecule has 2 N–H and O–H groups in total. The maximum absolute atomic E-state index is 13.1. The van der Waals surface area contributed by atoms with Gasteiger partial charge < -0.3 is 10.4 Å². The summed E-state index contributed by atoms with van der Waals surface area (Å²) in [6, 6.07) is 5.79. The van der Waals surface area contributed by atoms with E-state index in [1.807, 2.05) is 0 Å². The summed E-state index contributed by atoms with van der Waals surface area (Å²) in [5.41, 5.74) is 0.411. The van der Waals surface area contributed by atoms with E-state index in [-0.39, 0.29) is 24.0 Å². The molecule has 25 heavy (non-hydrogen) atoms. The van der Waals surface area contributed by atoms with Crippen LogP contribution in [0.1, 0.15) is 48.8 Å². The third-order valence-electron chi connectivity index (χ3n) is 4.23. The smallest absolute Gasteiger partial charge is 0.310 e. The van der Waals surface area contributed by atoms with E-state index in [0.29, 0.717) is 11.4 Å². The number of amides is 1. The summed E-state index contributed by atoms with van der Waals surface area (Å²) in [5.74, 6) is -1.63. The molecule has 7 nitrogen and oxygen atoms in total. The number of hydrogen-bond donors (Lipinski definition) is 2. The van der Waals surface area contributed by atoms with Gasteiger partial charge in [-0.05, 0) is 51.0 Å². The molecule has 2 aromatic rings. The largest absolute Gasteiger partial charge is 0.481 e. The number of aromatic nitrogens is 3. The lowest BCUT2D eigenvalue weighted by Crippen LogP contribution is -2.39. The van der Waals surface area contributed by atoms with Crippen molar-refractivity contribution in [2.24, 2.45) is 5.41 Å². The van der Waals surface area contributed by atoms with Crippen LogP contribution in [-0.2, 0) is 4.79 Å². The van der Waals surface area contributed by atoms with Gasteiger partial charge in [0, 0.05) is 12.5 Å². The number of benzene rings is 1. The number of rotatable bonds is 6. The standard InChI is InChI=1S/C17H19FN4O3/c1-17(2,16(24)25)9-19-15(23)13-14(10-3-4-10)22(21-20-13)12-7-5-11(18)6-8-12/h5-8,10H,3-4,9H2,1-2H3,(H,19,23)(H,24,25). The van der Waals surface area contributed by atoms with Crippen LogP contribution in [0.15, 0.2) is 24.3 Å². The number of aliphatic carboxylic acids is 1. The molecular weight excluding hydrogens is 327 g/mol. The minimum absolute atomic E-state index is 0.0192. The highest BCUT2D eigenvalue weighted by atomic mass is 19.1. The number of carbonyl (C=O) groups is 2. The zero-order chi connectivity index (χ0) is 18.2. The van der Waals surface area contributed by atoms with Gasteiger partial charge in [-0.1, -0.05) is 5.21 Å². The lowest BCUT2D eigenvalue weighted by molar-refractivity contribution is -0.146. The fourth-order valence-electron chi connectivity index (χ4n) is 2.41. The van der Waals surface area contributed by atoms with Crippen LogP contribution in [0, 0.1) is 11.2 Å². The Morgan fingerprint density at radius 3 is 2.52 bits per heavy atom. The summed E-state index contributed by atoms with van der Waals surface area (Å²) in [4.78, 5) is 23.6. The molecule has 132 valence electrons. The van der Waals surface area contributed by atoms with Gasteiger partial charge in [0.05, 0.1) is 16.8 Å². The molecule has 8 heteroatoms. The molecular formula is C17H19FN4O3. The fourth-order valence-corrected chi connectivity index (χ4v) is 2.41. The monoisotopic (exact) mass is 346 g/mol. The molecule has 0 unspecified atom stereocenters. The van der Waals surface area contributed by atoms with Crippen molar-refractivity contribution >= 4 is 11.9 Å². The quantitative estimate of drug-likeness (QED) is 0.835. The molecule has 1 aliphatic carbocycles. The fraction of sp³-hybridized carbons (Fsp3) is 0.412. The predicted molar refractivity (Wildman–Crippen MR) is 87.0 cm³/mol. The Balaban J connectivity index is 1.86. The summed E-state index contributed by atoms with van der Waals surface area (Å²) in [7, 11) is 0. The zero-order valence-electron chi connectivity index (χ0n) is 14.0. The lowest BCUT2D eigenvalue weighted by Gasteiger charge is -2.19. The minimum atomic E-state index is -1.08. The first-order chi connectivity index (χ1) is 11.8. The highest BCUT2D eigenvalue weighted by Crippen LogP contribution is 2.42. The average molecular weight is 346 g/mol. The van der Waals surface area contributed by atoms with Crippen molar-refractivity contribution < 1.29 is 19.1 Å². The molecule has 1 amide bonds. The summed E-state index contributed by atoms with van der Waals surface area (Å²) >= 11 is 0. The normalized spacial score (nSPS) is 14.4. The molecule has 0 aliphatic heterocycles. The van der Waals surface area contributed by atoms with Crippen LogP contribution in [0.4, 0.5) is 4.39 Å². The number of nitrogens with one attached hydrogen (secondary N) is 1. The first kappa shape index (κ1) is 17.1. The highest BCUT2D eigenvalue weighted by molar-refractivity contribution is 5.94. The number of halogens is 1. The first-order valence-electron chi connectivity index (χ1n) is 8.03. The second kappa shape index (κ2) is 6.27. The second-order valence-corrected chi connectivity index (χ2v) is 6.86. The topological polar surface area (TPSA) is 97.1 Å². The van der Waals surface area contributed by atoms with E-state index in [9.17, 15) is 14.0 Å². The lowest BCUT2D eigenvalue weighted by atomic mass is 9.94. The van der Waals surface area contributed by atoms with Crippen molar-refractivity contribution in [2.45, 2.75) is 32.6 Å². The third kappa shape index (κ3) is 3.52. The van der Waals surface area contributed by atoms with Crippen molar-refractivity contribution in [1.29, 1.82) is 0 Å². The Morgan fingerprint density at radius 1 is 1.32 bits per heavy atom. The molecule has 0 bridgehead atoms. The van der Waals surface area contributed by atoms with E-state index in [1.165, 1.54) is 26.0 Å². The number of hydrogen-bond acceptors (Lipinski definition) is 4. The van der Waals surface area contributed by atoms with Crippen LogP contribution in [0.2, 0.25) is 0 Å². The van der Waals surface area contributed by atoms with Crippen LogP contribution in [0.25, 0.3) is 5.69 Å². The van der Waals surface area contributed by atoms with E-state index in [4.69, 9.17) is 5.11 Å². The maximum atomic E-state index is 13.1. The summed E-state index contributed by atoms with van der Waals surface area (Å²) in [6.07, 6.45) is 1.85. The Labute approximate surface area is 143 Å². The molecule has 1 saturated carbocycles. The van der Waals surface area contributed by atoms with Gasteiger partial charge in [-0.15, -0.1) is 5.10 Å². The van der Waals surface area contributed by atoms with Gasteiger partial charge >= 0.3 is 5.97 Å². The SMILES string of the molecule is CC(C)(CNC(=O)c1nnn(-c2ccc(F)cc2)c1C1CC1)C(=O)O. The van der Waals surface area contributed by atoms with Crippen molar-refractivity contribution in [2.75, 3.05) is 6.54 Å². The molecule has 1 heterocycles. The van der Waals surface area contributed by atoms with Crippen LogP contribution >= 0.6 is 0 Å². The number of carboxylic acid groups (broad SMARTS) is 1. The Kier molecular flexibility index (Phi) is 4.28. The van der Waals surface area contributed by atoms with Crippen molar-refractivity contribution in [3.8, 4) is 5.69 Å². The van der Waals surface area contributed by atoms with E-state index >= 15 is 0 Å². The van der Waals surface area contributed by atoms with Crippen molar-refractivity contribution in [3.05, 3.63) is 41.5 Å². The van der Waals surface area contributed by atoms with Crippen LogP contribution in [-0.4, -0.2) is 38.5 Å². The number of carboxylic acids is 1. The number of nitrogens with zero attached hydrogens (tertiary/aromatic N) is 3. The summed E-state index contributed by atoms with van der Waals surface area (Å²) in [6.45, 7) is 3.05. The molecule has 0 saturated heterocycles. The molecule has 1 fully saturated rings. The van der Waals surface area contributed by atoms with E-state index in [1.54, 1.807) is 16.8 Å².